The zero-order chi connectivity index (χ0) is 20.1. The van der Waals surface area contributed by atoms with Crippen LogP contribution in [0.2, 0.25) is 0 Å². The van der Waals surface area contributed by atoms with Crippen molar-refractivity contribution in [3.63, 3.8) is 0 Å². The molecule has 28 heavy (non-hydrogen) atoms. The van der Waals surface area contributed by atoms with Gasteiger partial charge in [-0.15, -0.1) is 0 Å². The summed E-state index contributed by atoms with van der Waals surface area (Å²) in [5, 5.41) is 2.84. The SMILES string of the molecule is CC(C)NS(=O)(=O)Cc1ccccc1CNC(=O)c1ccc2c(c1)OCCO2. The van der Waals surface area contributed by atoms with Crippen LogP contribution in [0.5, 0.6) is 11.5 Å². The van der Waals surface area contributed by atoms with Crippen LogP contribution < -0.4 is 19.5 Å². The van der Waals surface area contributed by atoms with Gasteiger partial charge in [-0.1, -0.05) is 24.3 Å². The number of nitrogens with one attached hydrogen (secondary N) is 2. The summed E-state index contributed by atoms with van der Waals surface area (Å²) in [5.74, 6) is 0.762. The van der Waals surface area contributed by atoms with Crippen molar-refractivity contribution in [3.8, 4) is 11.5 Å². The standard InChI is InChI=1S/C20H24N2O5S/c1-14(2)22-28(24,25)13-17-6-4-3-5-16(17)12-21-20(23)15-7-8-18-19(11-15)27-10-9-26-18/h3-8,11,14,22H,9-10,12-13H2,1-2H3,(H,21,23). The quantitative estimate of drug-likeness (QED) is 0.738. The summed E-state index contributed by atoms with van der Waals surface area (Å²) in [6.07, 6.45) is 0. The van der Waals surface area contributed by atoms with E-state index in [0.717, 1.165) is 5.56 Å². The van der Waals surface area contributed by atoms with E-state index in [2.05, 4.69) is 10.0 Å². The molecule has 1 heterocycles. The van der Waals surface area contributed by atoms with Crippen LogP contribution in [0.4, 0.5) is 0 Å². The maximum atomic E-state index is 12.5. The van der Waals surface area contributed by atoms with Crippen molar-refractivity contribution in [1.29, 1.82) is 0 Å². The molecule has 0 bridgehead atoms. The molecule has 2 N–H and O–H groups in total. The van der Waals surface area contributed by atoms with Crippen molar-refractivity contribution in [2.45, 2.75) is 32.2 Å². The van der Waals surface area contributed by atoms with Gasteiger partial charge in [0.05, 0.1) is 5.75 Å². The molecule has 2 aromatic carbocycles. The molecule has 2 aromatic rings. The van der Waals surface area contributed by atoms with Gasteiger partial charge >= 0.3 is 0 Å². The van der Waals surface area contributed by atoms with Gasteiger partial charge in [-0.05, 0) is 43.2 Å². The summed E-state index contributed by atoms with van der Waals surface area (Å²) in [4.78, 5) is 12.5. The molecule has 7 nitrogen and oxygen atoms in total. The lowest BCUT2D eigenvalue weighted by Crippen LogP contribution is -2.32. The molecule has 0 atom stereocenters. The summed E-state index contributed by atoms with van der Waals surface area (Å²) >= 11 is 0. The topological polar surface area (TPSA) is 93.7 Å². The molecular formula is C20H24N2O5S. The lowest BCUT2D eigenvalue weighted by molar-refractivity contribution is 0.0949. The van der Waals surface area contributed by atoms with Crippen LogP contribution in [0.1, 0.15) is 35.3 Å². The first-order valence-corrected chi connectivity index (χ1v) is 10.7. The minimum absolute atomic E-state index is 0.138. The smallest absolute Gasteiger partial charge is 0.251 e. The van der Waals surface area contributed by atoms with Gasteiger partial charge in [0.1, 0.15) is 13.2 Å². The molecule has 1 aliphatic heterocycles. The number of hydrogen-bond donors (Lipinski definition) is 2. The number of sulfonamides is 1. The van der Waals surface area contributed by atoms with E-state index in [9.17, 15) is 13.2 Å². The summed E-state index contributed by atoms with van der Waals surface area (Å²) < 4.78 is 38.0. The minimum Gasteiger partial charge on any atom is -0.486 e. The second kappa shape index (κ2) is 8.62. The van der Waals surface area contributed by atoms with Crippen molar-refractivity contribution in [2.75, 3.05) is 13.2 Å². The van der Waals surface area contributed by atoms with Crippen LogP contribution in [0.3, 0.4) is 0 Å². The third-order valence-electron chi connectivity index (χ3n) is 4.12. The van der Waals surface area contributed by atoms with Crippen LogP contribution >= 0.6 is 0 Å². The highest BCUT2D eigenvalue weighted by molar-refractivity contribution is 7.88. The lowest BCUT2D eigenvalue weighted by Gasteiger charge is -2.18. The van der Waals surface area contributed by atoms with E-state index in [4.69, 9.17) is 9.47 Å². The van der Waals surface area contributed by atoms with Gasteiger partial charge in [-0.2, -0.15) is 0 Å². The molecule has 8 heteroatoms. The molecule has 0 radical (unpaired) electrons. The normalized spacial score (nSPS) is 13.4. The Labute approximate surface area is 165 Å². The average Bonchev–Trinajstić information content (AvgIpc) is 2.65. The van der Waals surface area contributed by atoms with E-state index in [0.29, 0.717) is 35.8 Å². The van der Waals surface area contributed by atoms with E-state index in [1.165, 1.54) is 0 Å². The monoisotopic (exact) mass is 404 g/mol. The molecule has 1 aliphatic rings. The first-order valence-electron chi connectivity index (χ1n) is 9.09. The van der Waals surface area contributed by atoms with Crippen LogP contribution in [0.15, 0.2) is 42.5 Å². The fraction of sp³-hybridized carbons (Fsp3) is 0.350. The van der Waals surface area contributed by atoms with Gasteiger partial charge in [-0.3, -0.25) is 4.79 Å². The number of rotatable bonds is 7. The third-order valence-corrected chi connectivity index (χ3v) is 5.64. The van der Waals surface area contributed by atoms with Gasteiger partial charge in [0, 0.05) is 18.2 Å². The maximum Gasteiger partial charge on any atom is 0.251 e. The molecule has 0 aromatic heterocycles. The van der Waals surface area contributed by atoms with Crippen molar-refractivity contribution in [3.05, 3.63) is 59.2 Å². The van der Waals surface area contributed by atoms with Crippen LogP contribution in [-0.4, -0.2) is 33.6 Å². The molecule has 0 spiro atoms. The van der Waals surface area contributed by atoms with Gasteiger partial charge in [-0.25, -0.2) is 13.1 Å². The first-order chi connectivity index (χ1) is 13.3. The lowest BCUT2D eigenvalue weighted by atomic mass is 10.1. The Balaban J connectivity index is 1.68. The van der Waals surface area contributed by atoms with Crippen molar-refractivity contribution in [2.24, 2.45) is 0 Å². The molecule has 0 saturated carbocycles. The molecule has 0 saturated heterocycles. The Morgan fingerprint density at radius 1 is 1.04 bits per heavy atom. The number of carbonyl (C=O) groups excluding carboxylic acids is 1. The average molecular weight is 404 g/mol. The maximum absolute atomic E-state index is 12.5. The Hall–Kier alpha value is -2.58. The number of amides is 1. The molecule has 0 fully saturated rings. The Kier molecular flexibility index (Phi) is 6.21. The van der Waals surface area contributed by atoms with Crippen molar-refractivity contribution >= 4 is 15.9 Å². The highest BCUT2D eigenvalue weighted by atomic mass is 32.2. The Bertz CT molecular complexity index is 957. The molecule has 0 unspecified atom stereocenters. The third kappa shape index (κ3) is 5.24. The number of benzene rings is 2. The van der Waals surface area contributed by atoms with Gasteiger partial charge in [0.25, 0.3) is 5.91 Å². The molecule has 0 aliphatic carbocycles. The van der Waals surface area contributed by atoms with Crippen molar-refractivity contribution in [1.82, 2.24) is 10.0 Å². The van der Waals surface area contributed by atoms with Gasteiger partial charge in [0.15, 0.2) is 11.5 Å². The zero-order valence-electron chi connectivity index (χ0n) is 15.9. The fourth-order valence-electron chi connectivity index (χ4n) is 2.94. The number of carbonyl (C=O) groups is 1. The van der Waals surface area contributed by atoms with E-state index in [1.54, 1.807) is 44.2 Å². The predicted molar refractivity (Wildman–Crippen MR) is 106 cm³/mol. The molecule has 3 rings (SSSR count). The number of fused-ring (bicyclic) bond motifs is 1. The summed E-state index contributed by atoms with van der Waals surface area (Å²) in [7, 11) is -3.45. The molecule has 150 valence electrons. The van der Waals surface area contributed by atoms with Gasteiger partial charge < -0.3 is 14.8 Å². The van der Waals surface area contributed by atoms with Crippen LogP contribution in [0.25, 0.3) is 0 Å². The second-order valence-electron chi connectivity index (χ2n) is 6.84. The Morgan fingerprint density at radius 2 is 1.71 bits per heavy atom. The van der Waals surface area contributed by atoms with E-state index in [-0.39, 0.29) is 24.2 Å². The predicted octanol–water partition coefficient (Wildman–Crippen LogP) is 2.22. The molecule has 1 amide bonds. The van der Waals surface area contributed by atoms with Gasteiger partial charge in [0.2, 0.25) is 10.0 Å². The zero-order valence-corrected chi connectivity index (χ0v) is 16.7. The summed E-state index contributed by atoms with van der Waals surface area (Å²) in [6.45, 7) is 4.71. The number of hydrogen-bond acceptors (Lipinski definition) is 5. The second-order valence-corrected chi connectivity index (χ2v) is 8.60. The fourth-order valence-corrected chi connectivity index (χ4v) is 4.43. The van der Waals surface area contributed by atoms with E-state index < -0.39 is 10.0 Å². The van der Waals surface area contributed by atoms with E-state index >= 15 is 0 Å². The van der Waals surface area contributed by atoms with Crippen LogP contribution in [-0.2, 0) is 22.3 Å². The largest absolute Gasteiger partial charge is 0.486 e. The molecular weight excluding hydrogens is 380 g/mol. The minimum atomic E-state index is -3.45. The summed E-state index contributed by atoms with van der Waals surface area (Å²) in [6, 6.07) is 12.0. The first kappa shape index (κ1) is 20.2. The van der Waals surface area contributed by atoms with E-state index in [1.807, 2.05) is 12.1 Å². The highest BCUT2D eigenvalue weighted by Crippen LogP contribution is 2.30. The van der Waals surface area contributed by atoms with Crippen molar-refractivity contribution < 1.29 is 22.7 Å². The number of ether oxygens (including phenoxy) is 2. The summed E-state index contributed by atoms with van der Waals surface area (Å²) in [5.41, 5.74) is 1.86. The Morgan fingerprint density at radius 3 is 2.43 bits per heavy atom. The highest BCUT2D eigenvalue weighted by Gasteiger charge is 2.17. The van der Waals surface area contributed by atoms with Crippen LogP contribution in [0, 0.1) is 0 Å².